The quantitative estimate of drug-likeness (QED) is 0.659. The van der Waals surface area contributed by atoms with E-state index in [0.29, 0.717) is 25.9 Å². The van der Waals surface area contributed by atoms with Crippen molar-refractivity contribution < 1.29 is 18.4 Å². The van der Waals surface area contributed by atoms with Gasteiger partial charge in [-0.3, -0.25) is 9.59 Å². The van der Waals surface area contributed by atoms with Crippen LogP contribution in [0.5, 0.6) is 0 Å². The van der Waals surface area contributed by atoms with Gasteiger partial charge in [-0.25, -0.2) is 8.78 Å². The van der Waals surface area contributed by atoms with E-state index in [-0.39, 0.29) is 16.5 Å². The summed E-state index contributed by atoms with van der Waals surface area (Å²) >= 11 is 5.75. The molecule has 1 aromatic carbocycles. The van der Waals surface area contributed by atoms with Crippen LogP contribution in [0.15, 0.2) is 12.1 Å². The van der Waals surface area contributed by atoms with Crippen LogP contribution < -0.4 is 5.32 Å². The van der Waals surface area contributed by atoms with E-state index >= 15 is 0 Å². The molecule has 0 bridgehead atoms. The lowest BCUT2D eigenvalue weighted by Crippen LogP contribution is -2.34. The van der Waals surface area contributed by atoms with Crippen molar-refractivity contribution in [1.82, 2.24) is 10.2 Å². The minimum Gasteiger partial charge on any atom is -0.352 e. The van der Waals surface area contributed by atoms with E-state index in [0.717, 1.165) is 37.9 Å². The predicted octanol–water partition coefficient (Wildman–Crippen LogP) is 3.14. The van der Waals surface area contributed by atoms with Gasteiger partial charge in [0, 0.05) is 26.1 Å². The van der Waals surface area contributed by atoms with E-state index in [1.165, 1.54) is 0 Å². The van der Waals surface area contributed by atoms with Gasteiger partial charge in [-0.1, -0.05) is 18.0 Å². The molecule has 1 aliphatic rings. The summed E-state index contributed by atoms with van der Waals surface area (Å²) in [6.07, 6.45) is 4.17. The molecule has 1 aliphatic heterocycles. The molecule has 1 fully saturated rings. The van der Waals surface area contributed by atoms with Crippen molar-refractivity contribution >= 4 is 23.4 Å². The SMILES string of the molecule is O=C(NCCCN1CCCCCC1=O)c1cc(F)c(F)cc1Cl. The maximum absolute atomic E-state index is 13.2. The molecule has 4 nitrogen and oxygen atoms in total. The summed E-state index contributed by atoms with van der Waals surface area (Å²) in [6, 6.07) is 1.56. The molecule has 7 heteroatoms. The number of carbonyl (C=O) groups is 2. The highest BCUT2D eigenvalue weighted by Crippen LogP contribution is 2.20. The van der Waals surface area contributed by atoms with E-state index in [1.54, 1.807) is 0 Å². The molecule has 1 heterocycles. The summed E-state index contributed by atoms with van der Waals surface area (Å²) < 4.78 is 26.2. The van der Waals surface area contributed by atoms with Crippen molar-refractivity contribution in [2.24, 2.45) is 0 Å². The number of halogens is 3. The van der Waals surface area contributed by atoms with Crippen molar-refractivity contribution in [3.63, 3.8) is 0 Å². The summed E-state index contributed by atoms with van der Waals surface area (Å²) in [4.78, 5) is 25.6. The summed E-state index contributed by atoms with van der Waals surface area (Å²) in [5, 5.41) is 2.47. The fraction of sp³-hybridized carbons (Fsp3) is 0.500. The Morgan fingerprint density at radius 1 is 1.22 bits per heavy atom. The molecule has 0 aromatic heterocycles. The molecule has 2 rings (SSSR count). The third-order valence-corrected chi connectivity index (χ3v) is 4.13. The molecule has 0 unspecified atom stereocenters. The van der Waals surface area contributed by atoms with Gasteiger partial charge in [-0.2, -0.15) is 0 Å². The Kier molecular flexibility index (Phi) is 6.33. The van der Waals surface area contributed by atoms with Crippen LogP contribution in [-0.2, 0) is 4.79 Å². The molecule has 23 heavy (non-hydrogen) atoms. The number of rotatable bonds is 5. The van der Waals surface area contributed by atoms with Crippen LogP contribution in [0.25, 0.3) is 0 Å². The molecule has 1 saturated heterocycles. The lowest BCUT2D eigenvalue weighted by atomic mass is 10.2. The van der Waals surface area contributed by atoms with Crippen molar-refractivity contribution in [3.05, 3.63) is 34.4 Å². The fourth-order valence-corrected chi connectivity index (χ4v) is 2.77. The van der Waals surface area contributed by atoms with E-state index in [4.69, 9.17) is 11.6 Å². The lowest BCUT2D eigenvalue weighted by molar-refractivity contribution is -0.130. The van der Waals surface area contributed by atoms with Gasteiger partial charge in [0.2, 0.25) is 5.91 Å². The highest BCUT2D eigenvalue weighted by atomic mass is 35.5. The van der Waals surface area contributed by atoms with Crippen molar-refractivity contribution in [2.75, 3.05) is 19.6 Å². The maximum atomic E-state index is 13.2. The van der Waals surface area contributed by atoms with Gasteiger partial charge in [0.15, 0.2) is 11.6 Å². The molecule has 1 aromatic rings. The molecule has 0 saturated carbocycles. The maximum Gasteiger partial charge on any atom is 0.252 e. The van der Waals surface area contributed by atoms with Crippen LogP contribution in [0.3, 0.4) is 0 Å². The third kappa shape index (κ3) is 4.89. The number of hydrogen-bond acceptors (Lipinski definition) is 2. The first-order chi connectivity index (χ1) is 11.0. The molecule has 1 N–H and O–H groups in total. The minimum atomic E-state index is -1.12. The fourth-order valence-electron chi connectivity index (χ4n) is 2.54. The van der Waals surface area contributed by atoms with Gasteiger partial charge in [-0.05, 0) is 31.4 Å². The molecular formula is C16H19ClF2N2O2. The highest BCUT2D eigenvalue weighted by Gasteiger charge is 2.17. The van der Waals surface area contributed by atoms with Crippen LogP contribution in [0, 0.1) is 11.6 Å². The average Bonchev–Trinajstić information content (AvgIpc) is 2.72. The van der Waals surface area contributed by atoms with Gasteiger partial charge in [0.05, 0.1) is 10.6 Å². The Hall–Kier alpha value is -1.69. The Labute approximate surface area is 138 Å². The zero-order valence-corrected chi connectivity index (χ0v) is 13.5. The zero-order chi connectivity index (χ0) is 16.8. The van der Waals surface area contributed by atoms with Gasteiger partial charge >= 0.3 is 0 Å². The summed E-state index contributed by atoms with van der Waals surface area (Å²) in [7, 11) is 0. The van der Waals surface area contributed by atoms with Crippen LogP contribution >= 0.6 is 11.6 Å². The Balaban J connectivity index is 1.81. The van der Waals surface area contributed by atoms with E-state index in [9.17, 15) is 18.4 Å². The minimum absolute atomic E-state index is 0.101. The first-order valence-electron chi connectivity index (χ1n) is 7.69. The number of hydrogen-bond donors (Lipinski definition) is 1. The second-order valence-corrected chi connectivity index (χ2v) is 5.95. The number of nitrogens with one attached hydrogen (secondary N) is 1. The lowest BCUT2D eigenvalue weighted by Gasteiger charge is -2.20. The molecule has 0 atom stereocenters. The Bertz CT molecular complexity index is 596. The first kappa shape index (κ1) is 17.7. The van der Waals surface area contributed by atoms with Gasteiger partial charge in [0.25, 0.3) is 5.91 Å². The molecule has 0 radical (unpaired) electrons. The van der Waals surface area contributed by atoms with Crippen LogP contribution in [-0.4, -0.2) is 36.3 Å². The van der Waals surface area contributed by atoms with Crippen LogP contribution in [0.1, 0.15) is 42.5 Å². The number of carbonyl (C=O) groups excluding carboxylic acids is 2. The van der Waals surface area contributed by atoms with Crippen LogP contribution in [0.4, 0.5) is 8.78 Å². The van der Waals surface area contributed by atoms with Gasteiger partial charge < -0.3 is 10.2 Å². The van der Waals surface area contributed by atoms with E-state index in [1.807, 2.05) is 4.90 Å². The average molecular weight is 345 g/mol. The smallest absolute Gasteiger partial charge is 0.252 e. The van der Waals surface area contributed by atoms with E-state index < -0.39 is 17.5 Å². The highest BCUT2D eigenvalue weighted by molar-refractivity contribution is 6.33. The number of nitrogens with zero attached hydrogens (tertiary/aromatic N) is 1. The predicted molar refractivity (Wildman–Crippen MR) is 83.4 cm³/mol. The number of benzene rings is 1. The Morgan fingerprint density at radius 3 is 2.74 bits per heavy atom. The second-order valence-electron chi connectivity index (χ2n) is 5.55. The van der Waals surface area contributed by atoms with Gasteiger partial charge in [-0.15, -0.1) is 0 Å². The summed E-state index contributed by atoms with van der Waals surface area (Å²) in [5.41, 5.74) is -0.101. The second kappa shape index (κ2) is 8.24. The monoisotopic (exact) mass is 344 g/mol. The van der Waals surface area contributed by atoms with Crippen molar-refractivity contribution in [1.29, 1.82) is 0 Å². The largest absolute Gasteiger partial charge is 0.352 e. The van der Waals surface area contributed by atoms with Gasteiger partial charge in [0.1, 0.15) is 0 Å². The van der Waals surface area contributed by atoms with Crippen molar-refractivity contribution in [3.8, 4) is 0 Å². The van der Waals surface area contributed by atoms with Crippen molar-refractivity contribution in [2.45, 2.75) is 32.1 Å². The molecule has 126 valence electrons. The normalized spacial score (nSPS) is 15.4. The first-order valence-corrected chi connectivity index (χ1v) is 8.07. The molecular weight excluding hydrogens is 326 g/mol. The third-order valence-electron chi connectivity index (χ3n) is 3.82. The van der Waals surface area contributed by atoms with E-state index in [2.05, 4.69) is 5.32 Å². The summed E-state index contributed by atoms with van der Waals surface area (Å²) in [5.74, 6) is -2.62. The number of amides is 2. The topological polar surface area (TPSA) is 49.4 Å². The molecule has 0 aliphatic carbocycles. The standard InChI is InChI=1S/C16H19ClF2N2O2/c17-12-10-14(19)13(18)9-11(12)16(23)20-6-4-8-21-7-3-1-2-5-15(21)22/h9-10H,1-8H2,(H,20,23). The summed E-state index contributed by atoms with van der Waals surface area (Å²) in [6.45, 7) is 1.66. The molecule has 2 amide bonds. The Morgan fingerprint density at radius 2 is 1.96 bits per heavy atom. The number of likely N-dealkylation sites (tertiary alicyclic amines) is 1. The van der Waals surface area contributed by atoms with Crippen LogP contribution in [0.2, 0.25) is 5.02 Å². The zero-order valence-electron chi connectivity index (χ0n) is 12.7. The molecule has 0 spiro atoms.